The van der Waals surface area contributed by atoms with E-state index < -0.39 is 0 Å². The average Bonchev–Trinajstić information content (AvgIpc) is 2.78. The minimum absolute atomic E-state index is 0.291. The predicted molar refractivity (Wildman–Crippen MR) is 75.4 cm³/mol. The van der Waals surface area contributed by atoms with Crippen molar-refractivity contribution in [3.8, 4) is 0 Å². The molecule has 100 valence electrons. The molecule has 1 atom stereocenters. The second kappa shape index (κ2) is 7.00. The Bertz CT molecular complexity index is 236. The van der Waals surface area contributed by atoms with E-state index in [0.29, 0.717) is 11.5 Å². The van der Waals surface area contributed by atoms with E-state index >= 15 is 0 Å². The summed E-state index contributed by atoms with van der Waals surface area (Å²) >= 11 is 0. The number of nitrogens with zero attached hydrogens (tertiary/aromatic N) is 2. The molecule has 0 amide bonds. The van der Waals surface area contributed by atoms with E-state index in [4.69, 9.17) is 5.73 Å². The average molecular weight is 239 g/mol. The number of hydrogen-bond acceptors (Lipinski definition) is 3. The van der Waals surface area contributed by atoms with Gasteiger partial charge in [-0.15, -0.1) is 0 Å². The predicted octanol–water partition coefficient (Wildman–Crippen LogP) is 2.65. The van der Waals surface area contributed by atoms with Gasteiger partial charge in [0.25, 0.3) is 0 Å². The van der Waals surface area contributed by atoms with Crippen LogP contribution in [0.2, 0.25) is 0 Å². The Morgan fingerprint density at radius 2 is 2.12 bits per heavy atom. The van der Waals surface area contributed by atoms with Crippen LogP contribution in [0.15, 0.2) is 4.99 Å². The van der Waals surface area contributed by atoms with Gasteiger partial charge < -0.3 is 10.6 Å². The molecule has 0 fully saturated rings. The number of rotatable bonds is 8. The van der Waals surface area contributed by atoms with Crippen molar-refractivity contribution in [3.63, 3.8) is 0 Å². The van der Waals surface area contributed by atoms with Gasteiger partial charge in [-0.05, 0) is 11.8 Å². The lowest BCUT2D eigenvalue weighted by Crippen LogP contribution is -2.48. The highest BCUT2D eigenvalue weighted by Gasteiger charge is 2.32. The summed E-state index contributed by atoms with van der Waals surface area (Å²) in [6, 6.07) is 0.440. The molecular weight excluding hydrogens is 210 g/mol. The lowest BCUT2D eigenvalue weighted by atomic mass is 9.78. The van der Waals surface area contributed by atoms with Crippen molar-refractivity contribution in [2.24, 2.45) is 16.1 Å². The molecule has 0 bridgehead atoms. The molecule has 0 aromatic heterocycles. The second-order valence-electron chi connectivity index (χ2n) is 5.81. The number of hydrogen-bond donors (Lipinski definition) is 1. The summed E-state index contributed by atoms with van der Waals surface area (Å²) < 4.78 is 0. The molecule has 0 radical (unpaired) electrons. The fraction of sp³-hybridized carbons (Fsp3) is 0.929. The van der Waals surface area contributed by atoms with Crippen molar-refractivity contribution < 1.29 is 0 Å². The number of aliphatic imine (C=N–C) groups is 1. The van der Waals surface area contributed by atoms with Crippen LogP contribution in [0.1, 0.15) is 52.9 Å². The molecule has 1 rings (SSSR count). The molecule has 0 aliphatic carbocycles. The molecule has 2 N–H and O–H groups in total. The van der Waals surface area contributed by atoms with E-state index in [1.54, 1.807) is 0 Å². The van der Waals surface area contributed by atoms with Crippen LogP contribution < -0.4 is 5.73 Å². The van der Waals surface area contributed by atoms with Gasteiger partial charge in [0, 0.05) is 19.1 Å². The fourth-order valence-corrected chi connectivity index (χ4v) is 2.71. The molecule has 0 saturated carbocycles. The first-order chi connectivity index (χ1) is 8.11. The molecule has 1 aliphatic heterocycles. The Labute approximate surface area is 106 Å². The van der Waals surface area contributed by atoms with E-state index in [-0.39, 0.29) is 0 Å². The second-order valence-corrected chi connectivity index (χ2v) is 5.81. The highest BCUT2D eigenvalue weighted by Crippen LogP contribution is 2.31. The van der Waals surface area contributed by atoms with Crippen LogP contribution in [-0.2, 0) is 0 Å². The maximum atomic E-state index is 5.97. The summed E-state index contributed by atoms with van der Waals surface area (Å²) in [6.45, 7) is 9.66. The van der Waals surface area contributed by atoms with E-state index in [1.807, 2.05) is 6.34 Å². The van der Waals surface area contributed by atoms with Gasteiger partial charge in [0.15, 0.2) is 0 Å². The third-order valence-electron chi connectivity index (χ3n) is 3.92. The molecule has 1 heterocycles. The number of unbranched alkanes of at least 4 members (excludes halogenated alkanes) is 3. The normalized spacial score (nSPS) is 17.8. The maximum Gasteiger partial charge on any atom is 0.0854 e. The Balaban J connectivity index is 2.44. The summed E-state index contributed by atoms with van der Waals surface area (Å²) in [5.74, 6) is 0. The van der Waals surface area contributed by atoms with Gasteiger partial charge in [-0.3, -0.25) is 4.99 Å². The van der Waals surface area contributed by atoms with Crippen LogP contribution in [0.4, 0.5) is 0 Å². The first-order valence-electron chi connectivity index (χ1n) is 7.07. The quantitative estimate of drug-likeness (QED) is 0.662. The Kier molecular flexibility index (Phi) is 5.96. The van der Waals surface area contributed by atoms with Crippen LogP contribution in [0.3, 0.4) is 0 Å². The third kappa shape index (κ3) is 4.30. The zero-order valence-corrected chi connectivity index (χ0v) is 11.8. The van der Waals surface area contributed by atoms with Crippen LogP contribution in [-0.4, -0.2) is 36.9 Å². The monoisotopic (exact) mass is 239 g/mol. The van der Waals surface area contributed by atoms with Crippen LogP contribution in [0.25, 0.3) is 0 Å². The molecule has 17 heavy (non-hydrogen) atoms. The third-order valence-corrected chi connectivity index (χ3v) is 3.92. The minimum Gasteiger partial charge on any atom is -0.356 e. The summed E-state index contributed by atoms with van der Waals surface area (Å²) in [7, 11) is 0. The molecular formula is C14H29N3. The first-order valence-corrected chi connectivity index (χ1v) is 7.07. The van der Waals surface area contributed by atoms with E-state index in [2.05, 4.69) is 30.7 Å². The molecule has 1 unspecified atom stereocenters. The topological polar surface area (TPSA) is 41.6 Å². The van der Waals surface area contributed by atoms with E-state index in [9.17, 15) is 0 Å². The van der Waals surface area contributed by atoms with Crippen LogP contribution >= 0.6 is 0 Å². The minimum atomic E-state index is 0.291. The smallest absolute Gasteiger partial charge is 0.0854 e. The van der Waals surface area contributed by atoms with Gasteiger partial charge in [0.1, 0.15) is 0 Å². The highest BCUT2D eigenvalue weighted by atomic mass is 15.2. The summed E-state index contributed by atoms with van der Waals surface area (Å²) in [6.07, 6.45) is 8.59. The Morgan fingerprint density at radius 1 is 1.35 bits per heavy atom. The Hall–Kier alpha value is -0.570. The van der Waals surface area contributed by atoms with Crippen molar-refractivity contribution in [3.05, 3.63) is 0 Å². The van der Waals surface area contributed by atoms with Crippen molar-refractivity contribution in [1.29, 1.82) is 0 Å². The van der Waals surface area contributed by atoms with Gasteiger partial charge in [0.2, 0.25) is 0 Å². The maximum absolute atomic E-state index is 5.97. The van der Waals surface area contributed by atoms with Crippen LogP contribution in [0, 0.1) is 5.41 Å². The van der Waals surface area contributed by atoms with Crippen molar-refractivity contribution in [1.82, 2.24) is 4.90 Å². The van der Waals surface area contributed by atoms with Gasteiger partial charge in [0.05, 0.1) is 12.9 Å². The summed E-state index contributed by atoms with van der Waals surface area (Å²) in [5.41, 5.74) is 6.26. The lowest BCUT2D eigenvalue weighted by molar-refractivity contribution is 0.152. The molecule has 3 nitrogen and oxygen atoms in total. The van der Waals surface area contributed by atoms with Crippen molar-refractivity contribution in [2.45, 2.75) is 58.9 Å². The van der Waals surface area contributed by atoms with Gasteiger partial charge in [-0.25, -0.2) is 0 Å². The molecule has 0 saturated heterocycles. The molecule has 1 aliphatic rings. The van der Waals surface area contributed by atoms with Gasteiger partial charge >= 0.3 is 0 Å². The summed E-state index contributed by atoms with van der Waals surface area (Å²) in [5, 5.41) is 0. The summed E-state index contributed by atoms with van der Waals surface area (Å²) in [4.78, 5) is 6.64. The first kappa shape index (κ1) is 14.5. The molecule has 0 aromatic rings. The van der Waals surface area contributed by atoms with Gasteiger partial charge in [-0.1, -0.05) is 46.5 Å². The highest BCUT2D eigenvalue weighted by molar-refractivity contribution is 5.57. The fourth-order valence-electron chi connectivity index (χ4n) is 2.71. The van der Waals surface area contributed by atoms with E-state index in [1.165, 1.54) is 32.1 Å². The largest absolute Gasteiger partial charge is 0.356 e. The standard InChI is InChI=1S/C14H29N3/c1-4-5-6-7-8-14(2,3)13(11-15)17-10-9-16-12-17/h12-13H,4-11,15H2,1-3H3. The van der Waals surface area contributed by atoms with Crippen LogP contribution in [0.5, 0.6) is 0 Å². The molecule has 0 spiro atoms. The van der Waals surface area contributed by atoms with Gasteiger partial charge in [-0.2, -0.15) is 0 Å². The Morgan fingerprint density at radius 3 is 2.65 bits per heavy atom. The van der Waals surface area contributed by atoms with Crippen molar-refractivity contribution >= 4 is 6.34 Å². The lowest BCUT2D eigenvalue weighted by Gasteiger charge is -2.39. The van der Waals surface area contributed by atoms with E-state index in [0.717, 1.165) is 19.6 Å². The zero-order valence-electron chi connectivity index (χ0n) is 11.8. The SMILES string of the molecule is CCCCCCC(C)(C)C(CN)N1C=NCC1. The molecule has 3 heteroatoms. The number of nitrogens with two attached hydrogens (primary N) is 1. The van der Waals surface area contributed by atoms with Crippen molar-refractivity contribution in [2.75, 3.05) is 19.6 Å². The molecule has 0 aromatic carbocycles. The zero-order chi connectivity index (χ0) is 12.7.